The zero-order valence-corrected chi connectivity index (χ0v) is 7.57. The molecule has 2 N–H and O–H groups in total. The minimum absolute atomic E-state index is 0.0912. The van der Waals surface area contributed by atoms with Gasteiger partial charge in [-0.1, -0.05) is 0 Å². The van der Waals surface area contributed by atoms with Gasteiger partial charge in [0.15, 0.2) is 11.6 Å². The van der Waals surface area contributed by atoms with E-state index in [0.717, 1.165) is 0 Å². The Bertz CT molecular complexity index is 293. The molecule has 0 saturated heterocycles. The van der Waals surface area contributed by atoms with Crippen LogP contribution in [0.2, 0.25) is 0 Å². The first-order valence-corrected chi connectivity index (χ1v) is 3.88. The Hall–Kier alpha value is -0.840. The van der Waals surface area contributed by atoms with Gasteiger partial charge in [-0.05, 0) is 28.1 Å². The number of anilines is 1. The maximum absolute atomic E-state index is 13.0. The van der Waals surface area contributed by atoms with Crippen molar-refractivity contribution in [2.24, 2.45) is 0 Å². The highest BCUT2D eigenvalue weighted by atomic mass is 79.9. The fourth-order valence-corrected chi connectivity index (χ4v) is 1.04. The number of hydrogen-bond acceptors (Lipinski definition) is 2. The van der Waals surface area contributed by atoms with Gasteiger partial charge in [-0.25, -0.2) is 8.78 Å². The molecular formula is C7H6BrF2NO. The number of benzene rings is 1. The van der Waals surface area contributed by atoms with Crippen LogP contribution in [0.3, 0.4) is 0 Å². The van der Waals surface area contributed by atoms with Crippen LogP contribution in [0, 0.1) is 5.82 Å². The van der Waals surface area contributed by atoms with E-state index in [1.807, 2.05) is 0 Å². The van der Waals surface area contributed by atoms with E-state index in [-0.39, 0.29) is 15.9 Å². The molecule has 0 bridgehead atoms. The molecule has 0 aliphatic carbocycles. The van der Waals surface area contributed by atoms with Gasteiger partial charge in [-0.15, -0.1) is 0 Å². The third-order valence-corrected chi connectivity index (χ3v) is 2.09. The third kappa shape index (κ3) is 1.66. The number of nitrogens with two attached hydrogens (primary N) is 1. The lowest BCUT2D eigenvalue weighted by Gasteiger charge is -2.05. The lowest BCUT2D eigenvalue weighted by Crippen LogP contribution is -1.96. The van der Waals surface area contributed by atoms with Crippen LogP contribution in [0.1, 0.15) is 0 Å². The molecule has 0 radical (unpaired) electrons. The lowest BCUT2D eigenvalue weighted by molar-refractivity contribution is 0.184. The van der Waals surface area contributed by atoms with E-state index < -0.39 is 12.7 Å². The van der Waals surface area contributed by atoms with Gasteiger partial charge in [0.1, 0.15) is 0 Å². The lowest BCUT2D eigenvalue weighted by atomic mass is 10.3. The molecule has 2 nitrogen and oxygen atoms in total. The van der Waals surface area contributed by atoms with Crippen molar-refractivity contribution in [3.63, 3.8) is 0 Å². The van der Waals surface area contributed by atoms with Crippen molar-refractivity contribution < 1.29 is 13.5 Å². The highest BCUT2D eigenvalue weighted by Crippen LogP contribution is 2.29. The zero-order valence-electron chi connectivity index (χ0n) is 5.98. The van der Waals surface area contributed by atoms with E-state index in [4.69, 9.17) is 5.73 Å². The molecule has 66 valence electrons. The first-order chi connectivity index (χ1) is 5.66. The molecule has 0 heterocycles. The van der Waals surface area contributed by atoms with E-state index in [2.05, 4.69) is 20.7 Å². The van der Waals surface area contributed by atoms with E-state index in [1.165, 1.54) is 12.1 Å². The maximum atomic E-state index is 13.0. The number of hydrogen-bond donors (Lipinski definition) is 1. The number of halogens is 3. The van der Waals surface area contributed by atoms with E-state index in [1.54, 1.807) is 0 Å². The zero-order chi connectivity index (χ0) is 9.14. The second kappa shape index (κ2) is 3.71. The molecule has 0 saturated carbocycles. The molecule has 0 fully saturated rings. The summed E-state index contributed by atoms with van der Waals surface area (Å²) in [5.74, 6) is -0.841. The number of alkyl halides is 1. The predicted octanol–water partition coefficient (Wildman–Crippen LogP) is 2.48. The SMILES string of the molecule is Nc1ccc(OCF)c(F)c1Br. The first kappa shape index (κ1) is 9.25. The number of ether oxygens (including phenoxy) is 1. The Morgan fingerprint density at radius 1 is 1.50 bits per heavy atom. The van der Waals surface area contributed by atoms with Gasteiger partial charge in [-0.2, -0.15) is 0 Å². The Morgan fingerprint density at radius 3 is 2.75 bits per heavy atom. The second-order valence-corrected chi connectivity index (χ2v) is 2.83. The maximum Gasteiger partial charge on any atom is 0.228 e. The van der Waals surface area contributed by atoms with Crippen LogP contribution in [0.25, 0.3) is 0 Å². The summed E-state index contributed by atoms with van der Waals surface area (Å²) >= 11 is 2.90. The van der Waals surface area contributed by atoms with Crippen LogP contribution in [0.5, 0.6) is 5.75 Å². The summed E-state index contributed by atoms with van der Waals surface area (Å²) in [6, 6.07) is 2.70. The highest BCUT2D eigenvalue weighted by Gasteiger charge is 2.09. The average Bonchev–Trinajstić information content (AvgIpc) is 2.07. The monoisotopic (exact) mass is 237 g/mol. The van der Waals surface area contributed by atoms with Crippen molar-refractivity contribution in [1.29, 1.82) is 0 Å². The largest absolute Gasteiger partial charge is 0.460 e. The van der Waals surface area contributed by atoms with Gasteiger partial charge in [0.2, 0.25) is 6.86 Å². The van der Waals surface area contributed by atoms with Gasteiger partial charge in [-0.3, -0.25) is 0 Å². The molecule has 5 heteroatoms. The molecule has 12 heavy (non-hydrogen) atoms. The standard InChI is InChI=1S/C7H6BrF2NO/c8-6-4(11)1-2-5(7(6)10)12-3-9/h1-2H,3,11H2. The van der Waals surface area contributed by atoms with E-state index in [9.17, 15) is 8.78 Å². The molecule has 0 aliphatic heterocycles. The normalized spacial score (nSPS) is 9.92. The minimum atomic E-state index is -1.06. The molecule has 1 aromatic rings. The van der Waals surface area contributed by atoms with Gasteiger partial charge >= 0.3 is 0 Å². The van der Waals surface area contributed by atoms with E-state index in [0.29, 0.717) is 0 Å². The fraction of sp³-hybridized carbons (Fsp3) is 0.143. The minimum Gasteiger partial charge on any atom is -0.460 e. The highest BCUT2D eigenvalue weighted by molar-refractivity contribution is 9.10. The molecule has 1 aromatic carbocycles. The van der Waals surface area contributed by atoms with Crippen molar-refractivity contribution >= 4 is 21.6 Å². The molecule has 0 spiro atoms. The average molecular weight is 238 g/mol. The quantitative estimate of drug-likeness (QED) is 0.803. The molecule has 0 unspecified atom stereocenters. The molecule has 0 aliphatic rings. The van der Waals surface area contributed by atoms with Gasteiger partial charge in [0.25, 0.3) is 0 Å². The topological polar surface area (TPSA) is 35.2 Å². The molecule has 0 aromatic heterocycles. The second-order valence-electron chi connectivity index (χ2n) is 2.03. The molecule has 0 amide bonds. The van der Waals surface area contributed by atoms with Crippen LogP contribution in [0.15, 0.2) is 16.6 Å². The van der Waals surface area contributed by atoms with Crippen LogP contribution in [-0.2, 0) is 0 Å². The first-order valence-electron chi connectivity index (χ1n) is 3.09. The van der Waals surface area contributed by atoms with E-state index >= 15 is 0 Å². The summed E-state index contributed by atoms with van der Waals surface area (Å²) in [5, 5.41) is 0. The van der Waals surface area contributed by atoms with Crippen molar-refractivity contribution in [3.05, 3.63) is 22.4 Å². The van der Waals surface area contributed by atoms with Gasteiger partial charge < -0.3 is 10.5 Å². The summed E-state index contributed by atoms with van der Waals surface area (Å²) in [7, 11) is 0. The molecule has 1 rings (SSSR count). The summed E-state index contributed by atoms with van der Waals surface area (Å²) in [4.78, 5) is 0. The number of nitrogen functional groups attached to an aromatic ring is 1. The van der Waals surface area contributed by atoms with Crippen molar-refractivity contribution in [3.8, 4) is 5.75 Å². The number of rotatable bonds is 2. The Balaban J connectivity index is 3.08. The third-order valence-electron chi connectivity index (χ3n) is 1.29. The van der Waals surface area contributed by atoms with Crippen molar-refractivity contribution in [2.45, 2.75) is 0 Å². The van der Waals surface area contributed by atoms with Gasteiger partial charge in [0.05, 0.1) is 4.47 Å². The summed E-state index contributed by atoms with van der Waals surface area (Å²) in [5.41, 5.74) is 5.60. The van der Waals surface area contributed by atoms with Crippen LogP contribution in [0.4, 0.5) is 14.5 Å². The summed E-state index contributed by atoms with van der Waals surface area (Å²) in [6.07, 6.45) is 0. The fourth-order valence-electron chi connectivity index (χ4n) is 0.717. The van der Waals surface area contributed by atoms with Crippen molar-refractivity contribution in [1.82, 2.24) is 0 Å². The Morgan fingerprint density at radius 2 is 2.17 bits per heavy atom. The Labute approximate surface area is 76.4 Å². The molecular weight excluding hydrogens is 232 g/mol. The smallest absolute Gasteiger partial charge is 0.228 e. The van der Waals surface area contributed by atoms with Crippen LogP contribution in [-0.4, -0.2) is 6.86 Å². The van der Waals surface area contributed by atoms with Crippen LogP contribution >= 0.6 is 15.9 Å². The summed E-state index contributed by atoms with van der Waals surface area (Å²) in [6.45, 7) is -1.06. The predicted molar refractivity (Wildman–Crippen MR) is 45.1 cm³/mol. The van der Waals surface area contributed by atoms with Crippen LogP contribution < -0.4 is 10.5 Å². The summed E-state index contributed by atoms with van der Waals surface area (Å²) < 4.78 is 29.1. The van der Waals surface area contributed by atoms with Crippen molar-refractivity contribution in [2.75, 3.05) is 12.6 Å². The molecule has 0 atom stereocenters. The van der Waals surface area contributed by atoms with Gasteiger partial charge in [0, 0.05) is 5.69 Å². The Kier molecular flexibility index (Phi) is 2.86.